The highest BCUT2D eigenvalue weighted by molar-refractivity contribution is 7.11. The number of nitrogens with zero attached hydrogens (tertiary/aromatic N) is 1. The van der Waals surface area contributed by atoms with Crippen LogP contribution in [0.5, 0.6) is 0 Å². The summed E-state index contributed by atoms with van der Waals surface area (Å²) in [4.78, 5) is 5.70. The highest BCUT2D eigenvalue weighted by atomic mass is 32.1. The van der Waals surface area contributed by atoms with Gasteiger partial charge in [-0.1, -0.05) is 45.0 Å². The van der Waals surface area contributed by atoms with Gasteiger partial charge < -0.3 is 5.32 Å². The van der Waals surface area contributed by atoms with Crippen molar-refractivity contribution in [3.05, 3.63) is 51.5 Å². The third-order valence-electron chi connectivity index (χ3n) is 3.44. The molecule has 0 fully saturated rings. The van der Waals surface area contributed by atoms with Gasteiger partial charge in [0.2, 0.25) is 0 Å². The molecule has 1 N–H and O–H groups in total. The topological polar surface area (TPSA) is 24.9 Å². The van der Waals surface area contributed by atoms with Crippen molar-refractivity contribution in [1.29, 1.82) is 0 Å². The minimum atomic E-state index is 0.220. The van der Waals surface area contributed by atoms with Crippen LogP contribution in [-0.4, -0.2) is 4.98 Å². The SMILES string of the molecule is Cc1cnc(C(C)NCc2ccc(C(C)(C)C)cc2)s1. The van der Waals surface area contributed by atoms with Crippen molar-refractivity contribution < 1.29 is 0 Å². The molecule has 0 bridgehead atoms. The van der Waals surface area contributed by atoms with E-state index in [0.29, 0.717) is 6.04 Å². The van der Waals surface area contributed by atoms with Crippen molar-refractivity contribution in [2.24, 2.45) is 0 Å². The lowest BCUT2D eigenvalue weighted by Gasteiger charge is -2.19. The minimum Gasteiger partial charge on any atom is -0.304 e. The Kier molecular flexibility index (Phi) is 4.61. The first-order chi connectivity index (χ1) is 9.36. The molecule has 0 amide bonds. The van der Waals surface area contributed by atoms with E-state index in [2.05, 4.69) is 69.2 Å². The van der Waals surface area contributed by atoms with Crippen LogP contribution in [0.3, 0.4) is 0 Å². The van der Waals surface area contributed by atoms with Gasteiger partial charge in [0.25, 0.3) is 0 Å². The van der Waals surface area contributed by atoms with Gasteiger partial charge in [0.1, 0.15) is 5.01 Å². The average Bonchev–Trinajstić information content (AvgIpc) is 2.82. The molecule has 0 saturated heterocycles. The fraction of sp³-hybridized carbons (Fsp3) is 0.471. The molecule has 1 unspecified atom stereocenters. The van der Waals surface area contributed by atoms with Crippen LogP contribution < -0.4 is 5.32 Å². The number of hydrogen-bond donors (Lipinski definition) is 1. The molecule has 2 rings (SSSR count). The summed E-state index contributed by atoms with van der Waals surface area (Å²) in [5.41, 5.74) is 2.92. The molecule has 1 aromatic carbocycles. The lowest BCUT2D eigenvalue weighted by molar-refractivity contribution is 0.569. The summed E-state index contributed by atoms with van der Waals surface area (Å²) >= 11 is 1.76. The van der Waals surface area contributed by atoms with E-state index in [-0.39, 0.29) is 5.41 Å². The predicted molar refractivity (Wildman–Crippen MR) is 87.2 cm³/mol. The molecule has 1 aromatic heterocycles. The average molecular weight is 288 g/mol. The Labute approximate surface area is 126 Å². The highest BCUT2D eigenvalue weighted by Crippen LogP contribution is 2.23. The largest absolute Gasteiger partial charge is 0.304 e. The van der Waals surface area contributed by atoms with Gasteiger partial charge in [-0.3, -0.25) is 0 Å². The van der Waals surface area contributed by atoms with Crippen molar-refractivity contribution in [3.8, 4) is 0 Å². The van der Waals surface area contributed by atoms with Crippen molar-refractivity contribution >= 4 is 11.3 Å². The fourth-order valence-electron chi connectivity index (χ4n) is 2.05. The van der Waals surface area contributed by atoms with E-state index in [1.54, 1.807) is 11.3 Å². The smallest absolute Gasteiger partial charge is 0.109 e. The molecule has 3 heteroatoms. The second kappa shape index (κ2) is 6.06. The van der Waals surface area contributed by atoms with Crippen molar-refractivity contribution in [2.75, 3.05) is 0 Å². The number of rotatable bonds is 4. The van der Waals surface area contributed by atoms with Crippen molar-refractivity contribution in [2.45, 2.75) is 52.6 Å². The second-order valence-electron chi connectivity index (χ2n) is 6.36. The third kappa shape index (κ3) is 3.90. The maximum absolute atomic E-state index is 4.43. The Hall–Kier alpha value is -1.19. The zero-order chi connectivity index (χ0) is 14.8. The molecular formula is C17H24N2S. The summed E-state index contributed by atoms with van der Waals surface area (Å²) in [6.07, 6.45) is 1.94. The van der Waals surface area contributed by atoms with Crippen molar-refractivity contribution in [3.63, 3.8) is 0 Å². The highest BCUT2D eigenvalue weighted by Gasteiger charge is 2.13. The summed E-state index contributed by atoms with van der Waals surface area (Å²) in [5.74, 6) is 0. The van der Waals surface area contributed by atoms with Gasteiger partial charge in [-0.05, 0) is 30.4 Å². The Bertz CT molecular complexity index is 549. The minimum absolute atomic E-state index is 0.220. The molecule has 1 heterocycles. The number of aryl methyl sites for hydroxylation is 1. The van der Waals surface area contributed by atoms with E-state index in [1.807, 2.05) is 6.20 Å². The van der Waals surface area contributed by atoms with E-state index in [1.165, 1.54) is 16.0 Å². The lowest BCUT2D eigenvalue weighted by Crippen LogP contribution is -2.18. The van der Waals surface area contributed by atoms with Gasteiger partial charge >= 0.3 is 0 Å². The molecule has 0 spiro atoms. The Morgan fingerprint density at radius 1 is 1.20 bits per heavy atom. The number of hydrogen-bond acceptors (Lipinski definition) is 3. The molecule has 0 aliphatic rings. The molecule has 20 heavy (non-hydrogen) atoms. The molecule has 108 valence electrons. The standard InChI is InChI=1S/C17H24N2S/c1-12-10-19-16(20-12)13(2)18-11-14-6-8-15(9-7-14)17(3,4)5/h6-10,13,18H,11H2,1-5H3. The van der Waals surface area contributed by atoms with E-state index >= 15 is 0 Å². The first-order valence-electron chi connectivity index (χ1n) is 7.11. The first kappa shape index (κ1) is 15.2. The van der Waals surface area contributed by atoms with Gasteiger partial charge in [0.05, 0.1) is 6.04 Å². The van der Waals surface area contributed by atoms with Gasteiger partial charge in [-0.15, -0.1) is 11.3 Å². The van der Waals surface area contributed by atoms with E-state index in [4.69, 9.17) is 0 Å². The van der Waals surface area contributed by atoms with Gasteiger partial charge in [-0.25, -0.2) is 4.98 Å². The second-order valence-corrected chi connectivity index (χ2v) is 7.63. The van der Waals surface area contributed by atoms with Crippen LogP contribution in [0.2, 0.25) is 0 Å². The lowest BCUT2D eigenvalue weighted by atomic mass is 9.87. The maximum atomic E-state index is 4.43. The summed E-state index contributed by atoms with van der Waals surface area (Å²) in [6, 6.07) is 9.20. The molecule has 2 aromatic rings. The summed E-state index contributed by atoms with van der Waals surface area (Å²) in [7, 11) is 0. The Morgan fingerprint density at radius 2 is 1.85 bits per heavy atom. The molecule has 2 nitrogen and oxygen atoms in total. The summed E-state index contributed by atoms with van der Waals surface area (Å²) < 4.78 is 0. The zero-order valence-electron chi connectivity index (χ0n) is 13.0. The summed E-state index contributed by atoms with van der Waals surface area (Å²) in [5, 5.41) is 4.70. The van der Waals surface area contributed by atoms with Crippen LogP contribution in [0.25, 0.3) is 0 Å². The Balaban J connectivity index is 1.94. The van der Waals surface area contributed by atoms with Gasteiger partial charge in [-0.2, -0.15) is 0 Å². The van der Waals surface area contributed by atoms with E-state index < -0.39 is 0 Å². The van der Waals surface area contributed by atoms with Crippen LogP contribution in [0, 0.1) is 6.92 Å². The monoisotopic (exact) mass is 288 g/mol. The molecule has 1 atom stereocenters. The quantitative estimate of drug-likeness (QED) is 0.889. The normalized spacial score (nSPS) is 13.4. The molecule has 0 aliphatic heterocycles. The third-order valence-corrected chi connectivity index (χ3v) is 4.54. The van der Waals surface area contributed by atoms with Crippen LogP contribution in [0.4, 0.5) is 0 Å². The number of aromatic nitrogens is 1. The predicted octanol–water partition coefficient (Wildman–Crippen LogP) is 4.60. The Morgan fingerprint density at radius 3 is 2.35 bits per heavy atom. The molecule has 0 radical (unpaired) electrons. The van der Waals surface area contributed by atoms with Crippen LogP contribution in [0.15, 0.2) is 30.5 Å². The van der Waals surface area contributed by atoms with Gasteiger partial charge in [0.15, 0.2) is 0 Å². The zero-order valence-corrected chi connectivity index (χ0v) is 13.8. The number of thiazole rings is 1. The molecular weight excluding hydrogens is 264 g/mol. The summed E-state index contributed by atoms with van der Waals surface area (Å²) in [6.45, 7) is 11.9. The molecule has 0 aliphatic carbocycles. The van der Waals surface area contributed by atoms with Gasteiger partial charge in [0, 0.05) is 17.6 Å². The van der Waals surface area contributed by atoms with Crippen LogP contribution >= 0.6 is 11.3 Å². The van der Waals surface area contributed by atoms with Crippen LogP contribution in [0.1, 0.15) is 54.7 Å². The van der Waals surface area contributed by atoms with E-state index in [9.17, 15) is 0 Å². The number of benzene rings is 1. The maximum Gasteiger partial charge on any atom is 0.109 e. The molecule has 0 saturated carbocycles. The fourth-order valence-corrected chi connectivity index (χ4v) is 2.85. The first-order valence-corrected chi connectivity index (χ1v) is 7.93. The van der Waals surface area contributed by atoms with E-state index in [0.717, 1.165) is 11.6 Å². The van der Waals surface area contributed by atoms with Crippen molar-refractivity contribution in [1.82, 2.24) is 10.3 Å². The number of nitrogens with one attached hydrogen (secondary N) is 1. The van der Waals surface area contributed by atoms with Crippen LogP contribution in [-0.2, 0) is 12.0 Å².